The van der Waals surface area contributed by atoms with Crippen molar-refractivity contribution >= 4 is 39.7 Å². The Labute approximate surface area is 210 Å². The van der Waals surface area contributed by atoms with Gasteiger partial charge in [0.15, 0.2) is 0 Å². The van der Waals surface area contributed by atoms with Crippen LogP contribution in [-0.2, 0) is 21.3 Å². The van der Waals surface area contributed by atoms with Crippen molar-refractivity contribution in [3.8, 4) is 0 Å². The van der Waals surface area contributed by atoms with Gasteiger partial charge in [0, 0.05) is 36.6 Å². The molecular weight excluding hydrogens is 494 g/mol. The quantitative estimate of drug-likeness (QED) is 0.450. The van der Waals surface area contributed by atoms with Crippen LogP contribution in [0.1, 0.15) is 26.8 Å². The maximum atomic E-state index is 12.9. The number of ether oxygens (including phenoxy) is 1. The molecule has 10 heteroatoms. The molecule has 0 aliphatic carbocycles. The van der Waals surface area contributed by atoms with Crippen LogP contribution >= 0.6 is 23.7 Å². The van der Waals surface area contributed by atoms with Crippen molar-refractivity contribution in [3.63, 3.8) is 0 Å². The van der Waals surface area contributed by atoms with Crippen LogP contribution in [0.15, 0.2) is 77.0 Å². The maximum absolute atomic E-state index is 12.9. The van der Waals surface area contributed by atoms with Crippen molar-refractivity contribution < 1.29 is 17.9 Å². The van der Waals surface area contributed by atoms with Crippen molar-refractivity contribution in [1.82, 2.24) is 14.9 Å². The van der Waals surface area contributed by atoms with Gasteiger partial charge < -0.3 is 10.1 Å². The third kappa shape index (κ3) is 6.88. The van der Waals surface area contributed by atoms with Crippen LogP contribution in [0.5, 0.6) is 0 Å². The Balaban J connectivity index is 0.00000324. The molecule has 1 unspecified atom stereocenters. The van der Waals surface area contributed by atoms with Gasteiger partial charge in [0.05, 0.1) is 24.2 Å². The molecule has 0 radical (unpaired) electrons. The number of hydrogen-bond donors (Lipinski definition) is 2. The molecule has 1 amide bonds. The fourth-order valence-corrected chi connectivity index (χ4v) is 5.66. The number of nitrogens with one attached hydrogen (secondary N) is 2. The van der Waals surface area contributed by atoms with Crippen LogP contribution in [0.2, 0.25) is 0 Å². The van der Waals surface area contributed by atoms with Crippen molar-refractivity contribution in [2.75, 3.05) is 32.8 Å². The molecule has 1 aliphatic heterocycles. The van der Waals surface area contributed by atoms with E-state index in [-0.39, 0.29) is 35.8 Å². The number of morpholine rings is 1. The van der Waals surface area contributed by atoms with Gasteiger partial charge in [-0.2, -0.15) is 0 Å². The zero-order valence-corrected chi connectivity index (χ0v) is 21.0. The summed E-state index contributed by atoms with van der Waals surface area (Å²) in [5, 5.41) is 5.02. The highest BCUT2D eigenvalue weighted by molar-refractivity contribution is 7.89. The minimum absolute atomic E-state index is 0. The minimum Gasteiger partial charge on any atom is -0.379 e. The summed E-state index contributed by atoms with van der Waals surface area (Å²) in [4.78, 5) is 16.4. The number of amides is 1. The Bertz CT molecular complexity index is 1150. The molecule has 1 saturated heterocycles. The molecule has 0 bridgehead atoms. The monoisotopic (exact) mass is 521 g/mol. The standard InChI is InChI=1S/C24H27N3O4S2.ClH/c28-24(25-18-22(23-10-5-15-32-23)27-11-13-31-14-12-27)20-8-4-9-21(16-20)33(29,30)26-17-19-6-2-1-3-7-19;/h1-10,15-16,22,26H,11-14,17-18H2,(H,25,28);1H. The van der Waals surface area contributed by atoms with Gasteiger partial charge >= 0.3 is 0 Å². The van der Waals surface area contributed by atoms with Gasteiger partial charge in [0.1, 0.15) is 0 Å². The fraction of sp³-hybridized carbons (Fsp3) is 0.292. The number of sulfonamides is 1. The Morgan fingerprint density at radius 3 is 2.50 bits per heavy atom. The van der Waals surface area contributed by atoms with E-state index in [4.69, 9.17) is 4.74 Å². The lowest BCUT2D eigenvalue weighted by Gasteiger charge is -2.34. The molecule has 1 aliphatic rings. The Morgan fingerprint density at radius 1 is 1.03 bits per heavy atom. The van der Waals surface area contributed by atoms with Crippen LogP contribution in [-0.4, -0.2) is 52.1 Å². The molecule has 3 aromatic rings. The Kier molecular flexibility index (Phi) is 9.63. The lowest BCUT2D eigenvalue weighted by Crippen LogP contribution is -2.43. The third-order valence-corrected chi connectivity index (χ3v) is 7.90. The van der Waals surface area contributed by atoms with Gasteiger partial charge in [-0.3, -0.25) is 9.69 Å². The molecule has 2 heterocycles. The van der Waals surface area contributed by atoms with Crippen LogP contribution in [0.3, 0.4) is 0 Å². The molecule has 182 valence electrons. The maximum Gasteiger partial charge on any atom is 0.251 e. The van der Waals surface area contributed by atoms with Gasteiger partial charge in [-0.15, -0.1) is 23.7 Å². The molecule has 0 spiro atoms. The molecule has 2 N–H and O–H groups in total. The molecular formula is C24H28ClN3O4S2. The minimum atomic E-state index is -3.75. The van der Waals surface area contributed by atoms with E-state index in [1.807, 2.05) is 41.8 Å². The van der Waals surface area contributed by atoms with E-state index < -0.39 is 10.0 Å². The van der Waals surface area contributed by atoms with Crippen LogP contribution in [0.25, 0.3) is 0 Å². The highest BCUT2D eigenvalue weighted by atomic mass is 35.5. The zero-order chi connectivity index (χ0) is 23.1. The molecule has 34 heavy (non-hydrogen) atoms. The number of carbonyl (C=O) groups is 1. The largest absolute Gasteiger partial charge is 0.379 e. The second-order valence-corrected chi connectivity index (χ2v) is 10.5. The van der Waals surface area contributed by atoms with E-state index in [1.54, 1.807) is 23.5 Å². The molecule has 1 atom stereocenters. The number of rotatable bonds is 9. The number of carbonyl (C=O) groups excluding carboxylic acids is 1. The average Bonchev–Trinajstić information content (AvgIpc) is 3.39. The van der Waals surface area contributed by atoms with Crippen molar-refractivity contribution in [2.45, 2.75) is 17.5 Å². The highest BCUT2D eigenvalue weighted by Gasteiger charge is 2.24. The first-order valence-electron chi connectivity index (χ1n) is 10.8. The van der Waals surface area contributed by atoms with Gasteiger partial charge in [-0.1, -0.05) is 42.5 Å². The first-order chi connectivity index (χ1) is 16.0. The Morgan fingerprint density at radius 2 is 1.79 bits per heavy atom. The average molecular weight is 522 g/mol. The van der Waals surface area contributed by atoms with Crippen LogP contribution in [0, 0.1) is 0 Å². The number of nitrogens with zero attached hydrogens (tertiary/aromatic N) is 1. The van der Waals surface area contributed by atoms with Gasteiger partial charge in [-0.05, 0) is 35.2 Å². The first-order valence-corrected chi connectivity index (χ1v) is 13.2. The summed E-state index contributed by atoms with van der Waals surface area (Å²) in [6.45, 7) is 3.57. The first kappa shape index (κ1) is 26.3. The highest BCUT2D eigenvalue weighted by Crippen LogP contribution is 2.25. The lowest BCUT2D eigenvalue weighted by molar-refractivity contribution is 0.0169. The van der Waals surface area contributed by atoms with Crippen LogP contribution in [0.4, 0.5) is 0 Å². The number of halogens is 1. The van der Waals surface area contributed by atoms with Gasteiger partial charge in [-0.25, -0.2) is 13.1 Å². The van der Waals surface area contributed by atoms with E-state index in [0.717, 1.165) is 18.7 Å². The molecule has 2 aromatic carbocycles. The van der Waals surface area contributed by atoms with Crippen molar-refractivity contribution in [2.24, 2.45) is 0 Å². The number of benzene rings is 2. The summed E-state index contributed by atoms with van der Waals surface area (Å²) in [6.07, 6.45) is 0. The van der Waals surface area contributed by atoms with E-state index in [1.165, 1.54) is 17.0 Å². The topological polar surface area (TPSA) is 87.7 Å². The van der Waals surface area contributed by atoms with E-state index in [9.17, 15) is 13.2 Å². The molecule has 7 nitrogen and oxygen atoms in total. The predicted octanol–water partition coefficient (Wildman–Crippen LogP) is 3.45. The SMILES string of the molecule is Cl.O=C(NCC(c1cccs1)N1CCOCC1)c1cccc(S(=O)(=O)NCc2ccccc2)c1. The van der Waals surface area contributed by atoms with Gasteiger partial charge in [0.2, 0.25) is 10.0 Å². The molecule has 1 aromatic heterocycles. The normalized spacial score (nSPS) is 15.3. The second kappa shape index (κ2) is 12.4. The summed E-state index contributed by atoms with van der Waals surface area (Å²) in [5.74, 6) is -0.301. The van der Waals surface area contributed by atoms with Crippen molar-refractivity contribution in [3.05, 3.63) is 88.1 Å². The van der Waals surface area contributed by atoms with Crippen LogP contribution < -0.4 is 10.0 Å². The summed E-state index contributed by atoms with van der Waals surface area (Å²) in [6, 6.07) is 19.5. The zero-order valence-electron chi connectivity index (χ0n) is 18.6. The third-order valence-electron chi connectivity index (χ3n) is 5.53. The lowest BCUT2D eigenvalue weighted by atomic mass is 10.1. The number of thiophene rings is 1. The van der Waals surface area contributed by atoms with E-state index >= 15 is 0 Å². The second-order valence-electron chi connectivity index (χ2n) is 7.73. The fourth-order valence-electron chi connectivity index (χ4n) is 3.73. The van der Waals surface area contributed by atoms with Gasteiger partial charge in [0.25, 0.3) is 5.91 Å². The smallest absolute Gasteiger partial charge is 0.251 e. The number of hydrogen-bond acceptors (Lipinski definition) is 6. The molecule has 4 rings (SSSR count). The van der Waals surface area contributed by atoms with E-state index in [0.29, 0.717) is 25.3 Å². The summed E-state index contributed by atoms with van der Waals surface area (Å²) < 4.78 is 33.6. The van der Waals surface area contributed by atoms with E-state index in [2.05, 4.69) is 21.0 Å². The Hall–Kier alpha value is -2.27. The molecule has 1 fully saturated rings. The summed E-state index contributed by atoms with van der Waals surface area (Å²) >= 11 is 1.66. The summed E-state index contributed by atoms with van der Waals surface area (Å²) in [5.41, 5.74) is 1.17. The van der Waals surface area contributed by atoms with Crippen molar-refractivity contribution in [1.29, 1.82) is 0 Å². The molecule has 0 saturated carbocycles. The predicted molar refractivity (Wildman–Crippen MR) is 136 cm³/mol. The summed E-state index contributed by atoms with van der Waals surface area (Å²) in [7, 11) is -3.75.